The summed E-state index contributed by atoms with van der Waals surface area (Å²) in [5.41, 5.74) is 1.20. The highest BCUT2D eigenvalue weighted by Gasteiger charge is 2.08. The lowest BCUT2D eigenvalue weighted by atomic mass is 10.1. The summed E-state index contributed by atoms with van der Waals surface area (Å²) in [7, 11) is -3.25. The Morgan fingerprint density at radius 2 is 1.62 bits per heavy atom. The Labute approximate surface area is 122 Å². The summed E-state index contributed by atoms with van der Waals surface area (Å²) in [6, 6.07) is 11.6. The van der Waals surface area contributed by atoms with Crippen molar-refractivity contribution < 1.29 is 17.6 Å². The predicted molar refractivity (Wildman–Crippen MR) is 78.3 cm³/mol. The summed E-state index contributed by atoms with van der Waals surface area (Å²) in [6.45, 7) is 0. The molecule has 2 aromatic rings. The number of nitrogens with one attached hydrogen (secondary N) is 1. The van der Waals surface area contributed by atoms with Gasteiger partial charge in [-0.15, -0.1) is 0 Å². The number of carbonyl (C=O) groups is 1. The molecule has 0 saturated heterocycles. The van der Waals surface area contributed by atoms with Crippen LogP contribution in [-0.2, 0) is 21.1 Å². The summed E-state index contributed by atoms with van der Waals surface area (Å²) in [6.07, 6.45) is 1.24. The van der Waals surface area contributed by atoms with Crippen molar-refractivity contribution in [2.75, 3.05) is 11.6 Å². The number of hydrogen-bond acceptors (Lipinski definition) is 3. The number of rotatable bonds is 4. The number of anilines is 1. The van der Waals surface area contributed by atoms with Crippen LogP contribution in [0, 0.1) is 5.82 Å². The standard InChI is InChI=1S/C15H14FNO3S/c1-21(19,20)14-8-6-13(7-9-14)17-15(18)10-11-2-4-12(16)5-3-11/h2-9H,10H2,1H3,(H,17,18). The molecule has 0 aromatic heterocycles. The first-order valence-electron chi connectivity index (χ1n) is 6.19. The van der Waals surface area contributed by atoms with E-state index in [0.29, 0.717) is 11.3 Å². The molecule has 0 saturated carbocycles. The molecule has 0 atom stereocenters. The highest BCUT2D eigenvalue weighted by Crippen LogP contribution is 2.14. The first-order chi connectivity index (χ1) is 9.84. The molecule has 0 aliphatic rings. The lowest BCUT2D eigenvalue weighted by Crippen LogP contribution is -2.14. The maximum absolute atomic E-state index is 12.8. The van der Waals surface area contributed by atoms with Crippen molar-refractivity contribution in [1.82, 2.24) is 0 Å². The van der Waals surface area contributed by atoms with E-state index in [0.717, 1.165) is 6.26 Å². The second-order valence-corrected chi connectivity index (χ2v) is 6.66. The fourth-order valence-corrected chi connectivity index (χ4v) is 2.41. The third-order valence-corrected chi connectivity index (χ3v) is 3.97. The zero-order valence-corrected chi connectivity index (χ0v) is 12.2. The van der Waals surface area contributed by atoms with Crippen LogP contribution in [0.1, 0.15) is 5.56 Å². The molecule has 2 rings (SSSR count). The Morgan fingerprint density at radius 1 is 1.05 bits per heavy atom. The topological polar surface area (TPSA) is 63.2 Å². The van der Waals surface area contributed by atoms with Crippen molar-refractivity contribution >= 4 is 21.4 Å². The first-order valence-corrected chi connectivity index (χ1v) is 8.08. The van der Waals surface area contributed by atoms with Crippen molar-refractivity contribution in [3.63, 3.8) is 0 Å². The van der Waals surface area contributed by atoms with Gasteiger partial charge in [-0.3, -0.25) is 4.79 Å². The van der Waals surface area contributed by atoms with Gasteiger partial charge in [-0.2, -0.15) is 0 Å². The quantitative estimate of drug-likeness (QED) is 0.943. The van der Waals surface area contributed by atoms with E-state index in [1.165, 1.54) is 36.4 Å². The van der Waals surface area contributed by atoms with Crippen molar-refractivity contribution in [1.29, 1.82) is 0 Å². The second kappa shape index (κ2) is 6.05. The monoisotopic (exact) mass is 307 g/mol. The molecular weight excluding hydrogens is 293 g/mol. The van der Waals surface area contributed by atoms with E-state index in [2.05, 4.69) is 5.32 Å². The molecule has 0 bridgehead atoms. The van der Waals surface area contributed by atoms with Crippen LogP contribution >= 0.6 is 0 Å². The zero-order valence-electron chi connectivity index (χ0n) is 11.3. The third kappa shape index (κ3) is 4.39. The van der Waals surface area contributed by atoms with Gasteiger partial charge >= 0.3 is 0 Å². The van der Waals surface area contributed by atoms with Crippen LogP contribution in [0.15, 0.2) is 53.4 Å². The minimum Gasteiger partial charge on any atom is -0.326 e. The summed E-state index contributed by atoms with van der Waals surface area (Å²) in [5.74, 6) is -0.607. The summed E-state index contributed by atoms with van der Waals surface area (Å²) in [5, 5.41) is 2.66. The molecule has 110 valence electrons. The Kier molecular flexibility index (Phi) is 4.37. The Balaban J connectivity index is 2.01. The highest BCUT2D eigenvalue weighted by molar-refractivity contribution is 7.90. The predicted octanol–water partition coefficient (Wildman–Crippen LogP) is 2.41. The Bertz CT molecular complexity index is 737. The largest absolute Gasteiger partial charge is 0.326 e. The molecule has 0 spiro atoms. The number of halogens is 1. The van der Waals surface area contributed by atoms with Gasteiger partial charge in [0.2, 0.25) is 5.91 Å². The summed E-state index contributed by atoms with van der Waals surface area (Å²) < 4.78 is 35.4. The average Bonchev–Trinajstić information content (AvgIpc) is 2.41. The molecule has 2 aromatic carbocycles. The third-order valence-electron chi connectivity index (χ3n) is 2.84. The van der Waals surface area contributed by atoms with Crippen LogP contribution in [0.2, 0.25) is 0 Å². The SMILES string of the molecule is CS(=O)(=O)c1ccc(NC(=O)Cc2ccc(F)cc2)cc1. The molecule has 4 nitrogen and oxygen atoms in total. The van der Waals surface area contributed by atoms with Crippen LogP contribution < -0.4 is 5.32 Å². The number of hydrogen-bond donors (Lipinski definition) is 1. The normalized spacial score (nSPS) is 11.1. The number of carbonyl (C=O) groups excluding carboxylic acids is 1. The molecule has 0 unspecified atom stereocenters. The fourth-order valence-electron chi connectivity index (χ4n) is 1.78. The molecule has 0 heterocycles. The van der Waals surface area contributed by atoms with Gasteiger partial charge in [0.1, 0.15) is 5.82 Å². The van der Waals surface area contributed by atoms with Crippen molar-refractivity contribution in [3.8, 4) is 0 Å². The van der Waals surface area contributed by atoms with Gasteiger partial charge in [0.25, 0.3) is 0 Å². The Morgan fingerprint density at radius 3 is 2.14 bits per heavy atom. The highest BCUT2D eigenvalue weighted by atomic mass is 32.2. The molecule has 0 aliphatic heterocycles. The molecule has 6 heteroatoms. The smallest absolute Gasteiger partial charge is 0.228 e. The van der Waals surface area contributed by atoms with E-state index in [9.17, 15) is 17.6 Å². The van der Waals surface area contributed by atoms with E-state index in [-0.39, 0.29) is 23.0 Å². The number of sulfone groups is 1. The van der Waals surface area contributed by atoms with Crippen LogP contribution in [0.3, 0.4) is 0 Å². The molecule has 1 N–H and O–H groups in total. The first kappa shape index (κ1) is 15.2. The fraction of sp³-hybridized carbons (Fsp3) is 0.133. The lowest BCUT2D eigenvalue weighted by Gasteiger charge is -2.06. The molecule has 21 heavy (non-hydrogen) atoms. The van der Waals surface area contributed by atoms with Gasteiger partial charge < -0.3 is 5.32 Å². The molecule has 0 aliphatic carbocycles. The number of benzene rings is 2. The van der Waals surface area contributed by atoms with E-state index >= 15 is 0 Å². The lowest BCUT2D eigenvalue weighted by molar-refractivity contribution is -0.115. The number of amides is 1. The maximum atomic E-state index is 12.8. The van der Waals surface area contributed by atoms with Crippen molar-refractivity contribution in [3.05, 3.63) is 59.9 Å². The minimum absolute atomic E-state index is 0.119. The van der Waals surface area contributed by atoms with Gasteiger partial charge in [0, 0.05) is 11.9 Å². The second-order valence-electron chi connectivity index (χ2n) is 4.65. The van der Waals surface area contributed by atoms with Crippen LogP contribution in [-0.4, -0.2) is 20.6 Å². The molecular formula is C15H14FNO3S. The van der Waals surface area contributed by atoms with Gasteiger partial charge in [-0.25, -0.2) is 12.8 Å². The zero-order chi connectivity index (χ0) is 15.5. The van der Waals surface area contributed by atoms with Gasteiger partial charge in [-0.05, 0) is 42.0 Å². The van der Waals surface area contributed by atoms with E-state index in [1.807, 2.05) is 0 Å². The van der Waals surface area contributed by atoms with Gasteiger partial charge in [0.05, 0.1) is 11.3 Å². The summed E-state index contributed by atoms with van der Waals surface area (Å²) >= 11 is 0. The van der Waals surface area contributed by atoms with Crippen molar-refractivity contribution in [2.45, 2.75) is 11.3 Å². The minimum atomic E-state index is -3.25. The summed E-state index contributed by atoms with van der Waals surface area (Å²) in [4.78, 5) is 12.0. The van der Waals surface area contributed by atoms with E-state index in [1.54, 1.807) is 12.1 Å². The maximum Gasteiger partial charge on any atom is 0.228 e. The van der Waals surface area contributed by atoms with Crippen LogP contribution in [0.4, 0.5) is 10.1 Å². The van der Waals surface area contributed by atoms with E-state index < -0.39 is 9.84 Å². The van der Waals surface area contributed by atoms with Crippen LogP contribution in [0.5, 0.6) is 0 Å². The molecule has 1 amide bonds. The van der Waals surface area contributed by atoms with E-state index in [4.69, 9.17) is 0 Å². The van der Waals surface area contributed by atoms with Gasteiger partial charge in [-0.1, -0.05) is 12.1 Å². The van der Waals surface area contributed by atoms with Gasteiger partial charge in [0.15, 0.2) is 9.84 Å². The van der Waals surface area contributed by atoms with Crippen LogP contribution in [0.25, 0.3) is 0 Å². The molecule has 0 radical (unpaired) electrons. The van der Waals surface area contributed by atoms with Crippen molar-refractivity contribution in [2.24, 2.45) is 0 Å². The molecule has 0 fully saturated rings. The Hall–Kier alpha value is -2.21. The average molecular weight is 307 g/mol.